The van der Waals surface area contributed by atoms with E-state index >= 15 is 0 Å². The minimum Gasteiger partial charge on any atom is -0.457 e. The van der Waals surface area contributed by atoms with Crippen molar-refractivity contribution in [2.24, 2.45) is 11.5 Å². The van der Waals surface area contributed by atoms with Crippen LogP contribution in [0.5, 0.6) is 11.5 Å². The first-order chi connectivity index (χ1) is 18.8. The Bertz CT molecular complexity index is 1380. The average Bonchev–Trinajstić information content (AvgIpc) is 2.94. The quantitative estimate of drug-likeness (QED) is 0.300. The largest absolute Gasteiger partial charge is 0.457 e. The molecule has 0 aliphatic carbocycles. The summed E-state index contributed by atoms with van der Waals surface area (Å²) in [4.78, 5) is 58.7. The molecule has 0 fully saturated rings. The molecular weight excluding hydrogens is 500 g/mol. The Kier molecular flexibility index (Phi) is 9.64. The normalized spacial score (nSPS) is 9.74. The van der Waals surface area contributed by atoms with E-state index in [1.807, 2.05) is 71.3 Å². The summed E-state index contributed by atoms with van der Waals surface area (Å²) >= 11 is 0. The lowest BCUT2D eigenvalue weighted by molar-refractivity contribution is 0.0922. The van der Waals surface area contributed by atoms with Crippen molar-refractivity contribution in [1.82, 2.24) is 10.6 Å². The van der Waals surface area contributed by atoms with E-state index < -0.39 is 29.7 Å². The summed E-state index contributed by atoms with van der Waals surface area (Å²) in [6, 6.07) is 29.6. The molecule has 6 N–H and O–H groups in total. The Morgan fingerprint density at radius 1 is 0.462 bits per heavy atom. The predicted molar refractivity (Wildman–Crippen MR) is 143 cm³/mol. The lowest BCUT2D eigenvalue weighted by Gasteiger charge is -2.09. The van der Waals surface area contributed by atoms with E-state index in [0.29, 0.717) is 0 Å². The smallest absolute Gasteiger partial charge is 0.328 e. The van der Waals surface area contributed by atoms with E-state index in [1.54, 1.807) is 0 Å². The molecule has 0 heterocycles. The number of nitrogens with two attached hydrogens (primary N) is 2. The van der Waals surface area contributed by atoms with Crippen LogP contribution in [0.1, 0.15) is 41.4 Å². The van der Waals surface area contributed by atoms with Gasteiger partial charge in [0.15, 0.2) is 0 Å². The molecule has 0 saturated heterocycles. The standard InChI is InChI=1S/C17H14N4O5.C12H10O/c18-13(22)9-5-1-3-7-11(9)15(24)20-17(26)21-16(25)12-8-4-2-6-10(12)14(19)23;1-3-7-11(8-4-1)13-12-9-5-2-6-10-12/h1-8H,(H2,18,22)(H2,19,23)(H2,20,21,24,25,26);1-10H. The van der Waals surface area contributed by atoms with E-state index in [9.17, 15) is 24.0 Å². The van der Waals surface area contributed by atoms with E-state index in [4.69, 9.17) is 16.2 Å². The molecule has 196 valence electrons. The monoisotopic (exact) mass is 524 g/mol. The molecule has 10 nitrogen and oxygen atoms in total. The third-order valence-corrected chi connectivity index (χ3v) is 5.05. The van der Waals surface area contributed by atoms with Crippen molar-refractivity contribution in [2.45, 2.75) is 0 Å². The second-order valence-electron chi connectivity index (χ2n) is 7.79. The zero-order chi connectivity index (χ0) is 28.2. The average molecular weight is 525 g/mol. The molecule has 0 aromatic heterocycles. The number of amides is 6. The van der Waals surface area contributed by atoms with Gasteiger partial charge in [-0.3, -0.25) is 29.8 Å². The summed E-state index contributed by atoms with van der Waals surface area (Å²) in [5, 5.41) is 3.81. The van der Waals surface area contributed by atoms with E-state index in [0.717, 1.165) is 11.5 Å². The Balaban J connectivity index is 0.000000268. The maximum absolute atomic E-state index is 12.1. The highest BCUT2D eigenvalue weighted by Crippen LogP contribution is 2.19. The summed E-state index contributed by atoms with van der Waals surface area (Å²) < 4.78 is 5.58. The number of benzene rings is 4. The maximum Gasteiger partial charge on any atom is 0.328 e. The van der Waals surface area contributed by atoms with Crippen LogP contribution < -0.4 is 26.8 Å². The SMILES string of the molecule is NC(=O)c1ccccc1C(=O)NC(=O)NC(=O)c1ccccc1C(N)=O.c1ccc(Oc2ccccc2)cc1. The first-order valence-corrected chi connectivity index (χ1v) is 11.5. The predicted octanol–water partition coefficient (Wildman–Crippen LogP) is 3.64. The van der Waals surface area contributed by atoms with Gasteiger partial charge in [0.05, 0.1) is 22.3 Å². The van der Waals surface area contributed by atoms with E-state index in [1.165, 1.54) is 48.5 Å². The highest BCUT2D eigenvalue weighted by atomic mass is 16.5. The number of carbonyl (C=O) groups is 5. The van der Waals surface area contributed by atoms with Crippen LogP contribution >= 0.6 is 0 Å². The van der Waals surface area contributed by atoms with Crippen LogP contribution in [-0.4, -0.2) is 29.7 Å². The lowest BCUT2D eigenvalue weighted by atomic mass is 10.1. The molecular formula is C29H24N4O6. The van der Waals surface area contributed by atoms with Crippen molar-refractivity contribution < 1.29 is 28.7 Å². The van der Waals surface area contributed by atoms with Gasteiger partial charge in [-0.1, -0.05) is 60.7 Å². The fourth-order valence-electron chi connectivity index (χ4n) is 3.28. The van der Waals surface area contributed by atoms with Gasteiger partial charge < -0.3 is 16.2 Å². The molecule has 0 unspecified atom stereocenters. The van der Waals surface area contributed by atoms with E-state index in [-0.39, 0.29) is 22.3 Å². The first kappa shape index (κ1) is 27.8. The second kappa shape index (κ2) is 13.5. The van der Waals surface area contributed by atoms with Crippen LogP contribution in [0, 0.1) is 0 Å². The molecule has 4 rings (SSSR count). The highest BCUT2D eigenvalue weighted by molar-refractivity contribution is 6.16. The van der Waals surface area contributed by atoms with Gasteiger partial charge in [-0.15, -0.1) is 0 Å². The Morgan fingerprint density at radius 2 is 0.769 bits per heavy atom. The van der Waals surface area contributed by atoms with Crippen LogP contribution in [0.25, 0.3) is 0 Å². The molecule has 4 aromatic rings. The van der Waals surface area contributed by atoms with Crippen LogP contribution in [0.3, 0.4) is 0 Å². The molecule has 39 heavy (non-hydrogen) atoms. The van der Waals surface area contributed by atoms with Crippen LogP contribution in [0.15, 0.2) is 109 Å². The number of rotatable bonds is 6. The maximum atomic E-state index is 12.1. The van der Waals surface area contributed by atoms with Crippen molar-refractivity contribution in [1.29, 1.82) is 0 Å². The Labute approximate surface area is 223 Å². The Morgan fingerprint density at radius 3 is 1.10 bits per heavy atom. The molecule has 10 heteroatoms. The molecule has 6 amide bonds. The summed E-state index contributed by atoms with van der Waals surface area (Å²) in [7, 11) is 0. The van der Waals surface area contributed by atoms with Gasteiger partial charge in [-0.2, -0.15) is 0 Å². The summed E-state index contributed by atoms with van der Waals surface area (Å²) in [6.07, 6.45) is 0. The minimum absolute atomic E-state index is 0.0804. The summed E-state index contributed by atoms with van der Waals surface area (Å²) in [6.45, 7) is 0. The lowest BCUT2D eigenvalue weighted by Crippen LogP contribution is -2.43. The molecule has 0 saturated carbocycles. The van der Waals surface area contributed by atoms with Crippen molar-refractivity contribution in [2.75, 3.05) is 0 Å². The van der Waals surface area contributed by atoms with Gasteiger partial charge in [0.1, 0.15) is 11.5 Å². The zero-order valence-electron chi connectivity index (χ0n) is 20.5. The molecule has 4 aromatic carbocycles. The number of urea groups is 1. The highest BCUT2D eigenvalue weighted by Gasteiger charge is 2.20. The molecule has 0 aliphatic heterocycles. The van der Waals surface area contributed by atoms with Gasteiger partial charge in [-0.25, -0.2) is 4.79 Å². The Hall–Kier alpha value is -5.77. The van der Waals surface area contributed by atoms with Crippen LogP contribution in [0.2, 0.25) is 0 Å². The third-order valence-electron chi connectivity index (χ3n) is 5.05. The van der Waals surface area contributed by atoms with Gasteiger partial charge in [0.25, 0.3) is 11.8 Å². The first-order valence-electron chi connectivity index (χ1n) is 11.5. The molecule has 0 spiro atoms. The topological polar surface area (TPSA) is 171 Å². The van der Waals surface area contributed by atoms with Gasteiger partial charge in [-0.05, 0) is 48.5 Å². The fraction of sp³-hybridized carbons (Fsp3) is 0. The number of nitrogens with one attached hydrogen (secondary N) is 2. The van der Waals surface area contributed by atoms with E-state index in [2.05, 4.69) is 0 Å². The molecule has 0 atom stereocenters. The van der Waals surface area contributed by atoms with Gasteiger partial charge >= 0.3 is 6.03 Å². The fourth-order valence-corrected chi connectivity index (χ4v) is 3.28. The van der Waals surface area contributed by atoms with Crippen molar-refractivity contribution >= 4 is 29.7 Å². The summed E-state index contributed by atoms with van der Waals surface area (Å²) in [5.74, 6) is -1.80. The van der Waals surface area contributed by atoms with Crippen molar-refractivity contribution in [3.8, 4) is 11.5 Å². The molecule has 0 bridgehead atoms. The molecule has 0 aliphatic rings. The van der Waals surface area contributed by atoms with Crippen LogP contribution in [-0.2, 0) is 0 Å². The van der Waals surface area contributed by atoms with Gasteiger partial charge in [0, 0.05) is 0 Å². The minimum atomic E-state index is -1.14. The number of hydrogen-bond donors (Lipinski definition) is 4. The number of primary amides is 2. The van der Waals surface area contributed by atoms with Crippen molar-refractivity contribution in [3.63, 3.8) is 0 Å². The molecule has 0 radical (unpaired) electrons. The number of carbonyl (C=O) groups excluding carboxylic acids is 5. The van der Waals surface area contributed by atoms with Crippen LogP contribution in [0.4, 0.5) is 4.79 Å². The number of hydrogen-bond acceptors (Lipinski definition) is 6. The number of ether oxygens (including phenoxy) is 1. The van der Waals surface area contributed by atoms with Gasteiger partial charge in [0.2, 0.25) is 11.8 Å². The summed E-state index contributed by atoms with van der Waals surface area (Å²) in [5.41, 5.74) is 9.92. The second-order valence-corrected chi connectivity index (χ2v) is 7.79. The number of imide groups is 2. The number of para-hydroxylation sites is 2. The zero-order valence-corrected chi connectivity index (χ0v) is 20.5. The third kappa shape index (κ3) is 8.12. The van der Waals surface area contributed by atoms with Crippen molar-refractivity contribution in [3.05, 3.63) is 131 Å².